The number of methoxy groups -OCH3 is 1. The van der Waals surface area contributed by atoms with E-state index in [9.17, 15) is 4.79 Å². The van der Waals surface area contributed by atoms with Crippen LogP contribution in [-0.4, -0.2) is 31.3 Å². The lowest BCUT2D eigenvalue weighted by atomic mass is 10.1. The van der Waals surface area contributed by atoms with Crippen molar-refractivity contribution in [1.29, 1.82) is 0 Å². The van der Waals surface area contributed by atoms with E-state index in [-0.39, 0.29) is 0 Å². The highest BCUT2D eigenvalue weighted by Crippen LogP contribution is 2.30. The topological polar surface area (TPSA) is 49.8 Å². The number of anilines is 1. The Morgan fingerprint density at radius 3 is 2.70 bits per heavy atom. The van der Waals surface area contributed by atoms with Gasteiger partial charge in [0.15, 0.2) is 0 Å². The lowest BCUT2D eigenvalue weighted by Gasteiger charge is -2.28. The van der Waals surface area contributed by atoms with Crippen LogP contribution in [0.3, 0.4) is 0 Å². The minimum atomic E-state index is -0.766. The Balaban J connectivity index is 3.02. The molecule has 0 bridgehead atoms. The van der Waals surface area contributed by atoms with E-state index in [0.717, 1.165) is 36.4 Å². The number of ether oxygens (including phenoxy) is 1. The zero-order valence-corrected chi connectivity index (χ0v) is 12.8. The van der Waals surface area contributed by atoms with E-state index in [1.165, 1.54) is 0 Å². The Morgan fingerprint density at radius 2 is 2.15 bits per heavy atom. The van der Waals surface area contributed by atoms with Gasteiger partial charge in [-0.25, -0.2) is 0 Å². The summed E-state index contributed by atoms with van der Waals surface area (Å²) >= 11 is 0. The van der Waals surface area contributed by atoms with Gasteiger partial charge in [0, 0.05) is 13.1 Å². The van der Waals surface area contributed by atoms with Crippen molar-refractivity contribution in [3.8, 4) is 5.75 Å². The molecule has 1 rings (SSSR count). The Morgan fingerprint density at radius 1 is 1.45 bits per heavy atom. The first kappa shape index (κ1) is 16.3. The van der Waals surface area contributed by atoms with Crippen molar-refractivity contribution >= 4 is 11.7 Å². The Labute approximate surface area is 121 Å². The van der Waals surface area contributed by atoms with Crippen LogP contribution in [0, 0.1) is 12.8 Å². The molecule has 0 radical (unpaired) electrons. The minimum absolute atomic E-state index is 0.405. The van der Waals surface area contributed by atoms with Crippen LogP contribution >= 0.6 is 0 Å². The average molecular weight is 279 g/mol. The molecule has 0 saturated heterocycles. The van der Waals surface area contributed by atoms with E-state index in [1.54, 1.807) is 14.0 Å². The second-order valence-corrected chi connectivity index (χ2v) is 5.21. The summed E-state index contributed by atoms with van der Waals surface area (Å²) < 4.78 is 5.41. The molecule has 4 nitrogen and oxygen atoms in total. The van der Waals surface area contributed by atoms with Crippen molar-refractivity contribution in [3.05, 3.63) is 23.8 Å². The molecule has 0 aliphatic rings. The number of carbonyl (C=O) groups is 1. The fraction of sp³-hybridized carbons (Fsp3) is 0.562. The highest BCUT2D eigenvalue weighted by atomic mass is 16.5. The van der Waals surface area contributed by atoms with Gasteiger partial charge < -0.3 is 14.7 Å². The molecule has 1 aromatic rings. The smallest absolute Gasteiger partial charge is 0.308 e. The van der Waals surface area contributed by atoms with E-state index in [2.05, 4.69) is 17.9 Å². The fourth-order valence-corrected chi connectivity index (χ4v) is 2.11. The second-order valence-electron chi connectivity index (χ2n) is 5.21. The first-order valence-corrected chi connectivity index (χ1v) is 7.12. The number of benzene rings is 1. The van der Waals surface area contributed by atoms with Crippen LogP contribution in [0.15, 0.2) is 18.2 Å². The summed E-state index contributed by atoms with van der Waals surface area (Å²) in [5.41, 5.74) is 2.12. The second kappa shape index (κ2) is 7.78. The average Bonchev–Trinajstić information content (AvgIpc) is 2.42. The van der Waals surface area contributed by atoms with E-state index in [1.807, 2.05) is 19.1 Å². The molecule has 4 heteroatoms. The number of carboxylic acids is 1. The summed E-state index contributed by atoms with van der Waals surface area (Å²) in [6.45, 7) is 7.24. The summed E-state index contributed by atoms with van der Waals surface area (Å²) in [4.78, 5) is 13.2. The van der Waals surface area contributed by atoms with E-state index < -0.39 is 11.9 Å². The molecule has 20 heavy (non-hydrogen) atoms. The summed E-state index contributed by atoms with van der Waals surface area (Å²) in [7, 11) is 1.65. The van der Waals surface area contributed by atoms with Gasteiger partial charge in [0.05, 0.1) is 18.7 Å². The molecule has 0 spiro atoms. The Kier molecular flexibility index (Phi) is 6.36. The lowest BCUT2D eigenvalue weighted by Crippen LogP contribution is -2.33. The van der Waals surface area contributed by atoms with Gasteiger partial charge in [-0.05, 0) is 31.0 Å². The fourth-order valence-electron chi connectivity index (χ4n) is 2.11. The van der Waals surface area contributed by atoms with Crippen molar-refractivity contribution in [2.24, 2.45) is 5.92 Å². The molecule has 0 aromatic heterocycles. The number of rotatable bonds is 8. The molecule has 0 heterocycles. The van der Waals surface area contributed by atoms with Gasteiger partial charge >= 0.3 is 5.97 Å². The SMILES string of the molecule is CCCCN(CC(C)C(=O)O)c1cc(C)ccc1OC. The zero-order chi connectivity index (χ0) is 15.1. The summed E-state index contributed by atoms with van der Waals surface area (Å²) in [5, 5.41) is 9.13. The Hall–Kier alpha value is -1.71. The van der Waals surface area contributed by atoms with Crippen LogP contribution in [0.5, 0.6) is 5.75 Å². The third-order valence-corrected chi connectivity index (χ3v) is 3.37. The predicted molar refractivity (Wildman–Crippen MR) is 81.7 cm³/mol. The van der Waals surface area contributed by atoms with Gasteiger partial charge in [0.1, 0.15) is 5.75 Å². The lowest BCUT2D eigenvalue weighted by molar-refractivity contribution is -0.140. The highest BCUT2D eigenvalue weighted by molar-refractivity contribution is 5.71. The maximum atomic E-state index is 11.1. The van der Waals surface area contributed by atoms with Crippen LogP contribution in [-0.2, 0) is 4.79 Å². The zero-order valence-electron chi connectivity index (χ0n) is 12.8. The largest absolute Gasteiger partial charge is 0.495 e. The third-order valence-electron chi connectivity index (χ3n) is 3.37. The summed E-state index contributed by atoms with van der Waals surface area (Å²) in [6, 6.07) is 6.00. The molecule has 0 aliphatic carbocycles. The molecule has 0 aliphatic heterocycles. The van der Waals surface area contributed by atoms with Gasteiger partial charge in [-0.2, -0.15) is 0 Å². The standard InChI is InChI=1S/C16H25NO3/c1-5-6-9-17(11-13(3)16(18)19)14-10-12(2)7-8-15(14)20-4/h7-8,10,13H,5-6,9,11H2,1-4H3,(H,18,19). The Bertz CT molecular complexity index is 445. The van der Waals surface area contributed by atoms with Gasteiger partial charge in [-0.15, -0.1) is 0 Å². The number of aryl methyl sites for hydroxylation is 1. The van der Waals surface area contributed by atoms with Gasteiger partial charge in [-0.3, -0.25) is 4.79 Å². The molecule has 1 N–H and O–H groups in total. The predicted octanol–water partition coefficient (Wildman–Crippen LogP) is 3.33. The quantitative estimate of drug-likeness (QED) is 0.793. The van der Waals surface area contributed by atoms with Crippen LogP contribution in [0.1, 0.15) is 32.3 Å². The molecular weight excluding hydrogens is 254 g/mol. The minimum Gasteiger partial charge on any atom is -0.495 e. The summed E-state index contributed by atoms with van der Waals surface area (Å²) in [5.74, 6) is -0.375. The van der Waals surface area contributed by atoms with E-state index in [0.29, 0.717) is 6.54 Å². The number of carboxylic acid groups (broad SMARTS) is 1. The van der Waals surface area contributed by atoms with E-state index in [4.69, 9.17) is 9.84 Å². The highest BCUT2D eigenvalue weighted by Gasteiger charge is 2.19. The number of hydrogen-bond donors (Lipinski definition) is 1. The van der Waals surface area contributed by atoms with Crippen LogP contribution in [0.2, 0.25) is 0 Å². The van der Waals surface area contributed by atoms with Gasteiger partial charge in [0.2, 0.25) is 0 Å². The maximum Gasteiger partial charge on any atom is 0.308 e. The summed E-state index contributed by atoms with van der Waals surface area (Å²) in [6.07, 6.45) is 2.11. The molecule has 0 amide bonds. The van der Waals surface area contributed by atoms with Crippen LogP contribution in [0.4, 0.5) is 5.69 Å². The molecular formula is C16H25NO3. The monoisotopic (exact) mass is 279 g/mol. The van der Waals surface area contributed by atoms with Crippen molar-refractivity contribution in [1.82, 2.24) is 0 Å². The van der Waals surface area contributed by atoms with Gasteiger partial charge in [-0.1, -0.05) is 26.3 Å². The normalized spacial score (nSPS) is 12.0. The molecule has 1 atom stereocenters. The first-order valence-electron chi connectivity index (χ1n) is 7.12. The van der Waals surface area contributed by atoms with Crippen molar-refractivity contribution < 1.29 is 14.6 Å². The number of unbranched alkanes of at least 4 members (excludes halogenated alkanes) is 1. The maximum absolute atomic E-state index is 11.1. The van der Waals surface area contributed by atoms with Crippen molar-refractivity contribution in [2.75, 3.05) is 25.1 Å². The molecule has 1 unspecified atom stereocenters. The van der Waals surface area contributed by atoms with E-state index >= 15 is 0 Å². The third kappa shape index (κ3) is 4.44. The van der Waals surface area contributed by atoms with Crippen LogP contribution < -0.4 is 9.64 Å². The van der Waals surface area contributed by atoms with Gasteiger partial charge in [0.25, 0.3) is 0 Å². The first-order chi connectivity index (χ1) is 9.49. The van der Waals surface area contributed by atoms with Crippen molar-refractivity contribution in [2.45, 2.75) is 33.6 Å². The number of aliphatic carboxylic acids is 1. The molecule has 0 saturated carbocycles. The van der Waals surface area contributed by atoms with Crippen LogP contribution in [0.25, 0.3) is 0 Å². The number of nitrogens with zero attached hydrogens (tertiary/aromatic N) is 1. The van der Waals surface area contributed by atoms with Crippen molar-refractivity contribution in [3.63, 3.8) is 0 Å². The molecule has 1 aromatic carbocycles. The number of hydrogen-bond acceptors (Lipinski definition) is 3. The molecule has 112 valence electrons. The molecule has 0 fully saturated rings.